The number of hydrogen-bond acceptors (Lipinski definition) is 3. The predicted molar refractivity (Wildman–Crippen MR) is 72.5 cm³/mol. The first-order valence-electron chi connectivity index (χ1n) is 5.80. The molecule has 0 saturated carbocycles. The molecule has 1 aromatic carbocycles. The first kappa shape index (κ1) is 12.2. The van der Waals surface area contributed by atoms with Crippen molar-refractivity contribution in [3.63, 3.8) is 0 Å². The Morgan fingerprint density at radius 1 is 1.53 bits per heavy atom. The minimum atomic E-state index is -1.04. The third kappa shape index (κ3) is 1.92. The molecule has 1 N–H and O–H groups in total. The van der Waals surface area contributed by atoms with E-state index in [1.807, 2.05) is 18.2 Å². The highest BCUT2D eigenvalue weighted by Gasteiger charge is 2.21. The number of rotatable bonds is 2. The number of benzene rings is 1. The highest BCUT2D eigenvalue weighted by molar-refractivity contribution is 9.10. The van der Waals surface area contributed by atoms with Crippen molar-refractivity contribution in [2.45, 2.75) is 6.42 Å². The lowest BCUT2D eigenvalue weighted by molar-refractivity contribution is 0.0688. The van der Waals surface area contributed by atoms with E-state index < -0.39 is 5.97 Å². The van der Waals surface area contributed by atoms with E-state index in [2.05, 4.69) is 21.0 Å². The quantitative estimate of drug-likeness (QED) is 0.922. The van der Waals surface area contributed by atoms with E-state index in [9.17, 15) is 4.79 Å². The van der Waals surface area contributed by atoms with Gasteiger partial charge >= 0.3 is 5.97 Å². The van der Waals surface area contributed by atoms with Crippen LogP contribution in [-0.4, -0.2) is 27.5 Å². The monoisotopic (exact) mass is 322 g/mol. The molecule has 98 valence electrons. The van der Waals surface area contributed by atoms with Crippen molar-refractivity contribution in [3.05, 3.63) is 33.9 Å². The van der Waals surface area contributed by atoms with Crippen molar-refractivity contribution in [2.75, 3.05) is 6.61 Å². The summed E-state index contributed by atoms with van der Waals surface area (Å²) in [5, 5.41) is 13.1. The number of aryl methyl sites for hydroxylation is 1. The lowest BCUT2D eigenvalue weighted by atomic mass is 10.1. The molecular weight excluding hydrogens is 312 g/mol. The second-order valence-corrected chi connectivity index (χ2v) is 5.15. The summed E-state index contributed by atoms with van der Waals surface area (Å²) in [5.74, 6) is -0.140. The molecule has 1 aliphatic rings. The highest BCUT2D eigenvalue weighted by atomic mass is 79.9. The number of carboxylic acid groups (broad SMARTS) is 1. The predicted octanol–water partition coefficient (Wildman–Crippen LogP) is 2.48. The standard InChI is InChI=1S/C13H11BrN2O3/c1-16-12(10(14)11(15-16)13(17)18)8-2-3-9-7(6-8)4-5-19-9/h2-3,6H,4-5H2,1H3,(H,17,18). The zero-order valence-corrected chi connectivity index (χ0v) is 11.8. The number of aromatic carboxylic acids is 1. The van der Waals surface area contributed by atoms with Crippen LogP contribution in [0.5, 0.6) is 5.75 Å². The molecule has 19 heavy (non-hydrogen) atoms. The van der Waals surface area contributed by atoms with Gasteiger partial charge in [0.25, 0.3) is 0 Å². The van der Waals surface area contributed by atoms with E-state index in [1.54, 1.807) is 11.7 Å². The second kappa shape index (κ2) is 4.38. The third-order valence-corrected chi connectivity index (χ3v) is 3.91. The largest absolute Gasteiger partial charge is 0.493 e. The summed E-state index contributed by atoms with van der Waals surface area (Å²) in [6.45, 7) is 0.700. The Balaban J connectivity index is 2.14. The first-order chi connectivity index (χ1) is 9.08. The Hall–Kier alpha value is -1.82. The molecule has 2 aromatic rings. The van der Waals surface area contributed by atoms with Gasteiger partial charge < -0.3 is 9.84 Å². The van der Waals surface area contributed by atoms with Crippen LogP contribution >= 0.6 is 15.9 Å². The number of fused-ring (bicyclic) bond motifs is 1. The van der Waals surface area contributed by atoms with E-state index >= 15 is 0 Å². The molecule has 3 rings (SSSR count). The summed E-state index contributed by atoms with van der Waals surface area (Å²) < 4.78 is 7.54. The van der Waals surface area contributed by atoms with Crippen LogP contribution in [0.1, 0.15) is 16.1 Å². The summed E-state index contributed by atoms with van der Waals surface area (Å²) in [5.41, 5.74) is 2.85. The van der Waals surface area contributed by atoms with Gasteiger partial charge in [-0.05, 0) is 39.7 Å². The van der Waals surface area contributed by atoms with Gasteiger partial charge in [-0.1, -0.05) is 0 Å². The van der Waals surface area contributed by atoms with Crippen LogP contribution in [0, 0.1) is 0 Å². The summed E-state index contributed by atoms with van der Waals surface area (Å²) in [7, 11) is 1.73. The average Bonchev–Trinajstić information content (AvgIpc) is 2.93. The molecule has 0 radical (unpaired) electrons. The molecular formula is C13H11BrN2O3. The molecule has 5 nitrogen and oxygen atoms in total. The van der Waals surface area contributed by atoms with Crippen molar-refractivity contribution in [2.24, 2.45) is 7.05 Å². The van der Waals surface area contributed by atoms with Gasteiger partial charge in [0.1, 0.15) is 5.75 Å². The Kier molecular flexibility index (Phi) is 2.82. The number of halogens is 1. The molecule has 2 heterocycles. The van der Waals surface area contributed by atoms with Gasteiger partial charge in [-0.3, -0.25) is 4.68 Å². The van der Waals surface area contributed by atoms with Crippen molar-refractivity contribution in [1.29, 1.82) is 0 Å². The number of ether oxygens (including phenoxy) is 1. The zero-order chi connectivity index (χ0) is 13.6. The Labute approximate surface area is 117 Å². The highest BCUT2D eigenvalue weighted by Crippen LogP contribution is 2.35. The summed E-state index contributed by atoms with van der Waals surface area (Å²) in [6, 6.07) is 5.85. The van der Waals surface area contributed by atoms with Crippen molar-refractivity contribution in [1.82, 2.24) is 9.78 Å². The smallest absolute Gasteiger partial charge is 0.357 e. The Morgan fingerprint density at radius 2 is 2.32 bits per heavy atom. The number of nitrogens with zero attached hydrogens (tertiary/aromatic N) is 2. The summed E-state index contributed by atoms with van der Waals surface area (Å²) in [6.07, 6.45) is 0.879. The molecule has 1 aromatic heterocycles. The van der Waals surface area contributed by atoms with Crippen LogP contribution in [0.15, 0.2) is 22.7 Å². The Bertz CT molecular complexity index is 679. The molecule has 0 saturated heterocycles. The molecule has 0 aliphatic carbocycles. The fourth-order valence-corrected chi connectivity index (χ4v) is 3.02. The maximum Gasteiger partial charge on any atom is 0.357 e. The van der Waals surface area contributed by atoms with Gasteiger partial charge in [0.05, 0.1) is 16.8 Å². The molecule has 0 spiro atoms. The van der Waals surface area contributed by atoms with Crippen molar-refractivity contribution >= 4 is 21.9 Å². The number of aromatic nitrogens is 2. The zero-order valence-electron chi connectivity index (χ0n) is 10.2. The lowest BCUT2D eigenvalue weighted by Gasteiger charge is -2.05. The number of carbonyl (C=O) groups is 1. The molecule has 0 fully saturated rings. The number of hydrogen-bond donors (Lipinski definition) is 1. The van der Waals surface area contributed by atoms with E-state index in [4.69, 9.17) is 9.84 Å². The molecule has 0 amide bonds. The minimum absolute atomic E-state index is 0.0225. The molecule has 0 atom stereocenters. The first-order valence-corrected chi connectivity index (χ1v) is 6.59. The average molecular weight is 323 g/mol. The van der Waals surface area contributed by atoms with E-state index in [0.29, 0.717) is 11.1 Å². The molecule has 6 heteroatoms. The van der Waals surface area contributed by atoms with Gasteiger partial charge in [-0.25, -0.2) is 4.79 Å². The van der Waals surface area contributed by atoms with Crippen molar-refractivity contribution in [3.8, 4) is 17.0 Å². The second-order valence-electron chi connectivity index (χ2n) is 4.36. The normalized spacial score (nSPS) is 13.2. The van der Waals surface area contributed by atoms with E-state index in [-0.39, 0.29) is 5.69 Å². The molecule has 0 bridgehead atoms. The topological polar surface area (TPSA) is 64.4 Å². The van der Waals surface area contributed by atoms with E-state index in [1.165, 1.54) is 0 Å². The van der Waals surface area contributed by atoms with E-state index in [0.717, 1.165) is 29.0 Å². The van der Waals surface area contributed by atoms with Gasteiger partial charge in [0.15, 0.2) is 5.69 Å². The lowest BCUT2D eigenvalue weighted by Crippen LogP contribution is -1.99. The van der Waals surface area contributed by atoms with Gasteiger partial charge in [0, 0.05) is 19.0 Å². The summed E-state index contributed by atoms with van der Waals surface area (Å²) >= 11 is 3.32. The van der Waals surface area contributed by atoms with Crippen LogP contribution in [0.2, 0.25) is 0 Å². The fraction of sp³-hybridized carbons (Fsp3) is 0.231. The van der Waals surface area contributed by atoms with Crippen LogP contribution in [-0.2, 0) is 13.5 Å². The maximum atomic E-state index is 11.1. The third-order valence-electron chi connectivity index (χ3n) is 3.15. The number of carboxylic acids is 1. The minimum Gasteiger partial charge on any atom is -0.493 e. The van der Waals surface area contributed by atoms with Crippen LogP contribution in [0.3, 0.4) is 0 Å². The van der Waals surface area contributed by atoms with Gasteiger partial charge in [-0.15, -0.1) is 0 Å². The Morgan fingerprint density at radius 3 is 3.00 bits per heavy atom. The SMILES string of the molecule is Cn1nc(C(=O)O)c(Br)c1-c1ccc2c(c1)CCO2. The van der Waals surface area contributed by atoms with Crippen LogP contribution < -0.4 is 4.74 Å². The molecule has 0 unspecified atom stereocenters. The maximum absolute atomic E-state index is 11.1. The van der Waals surface area contributed by atoms with Gasteiger partial charge in [-0.2, -0.15) is 5.10 Å². The van der Waals surface area contributed by atoms with Crippen molar-refractivity contribution < 1.29 is 14.6 Å². The van der Waals surface area contributed by atoms with Crippen LogP contribution in [0.4, 0.5) is 0 Å². The van der Waals surface area contributed by atoms with Gasteiger partial charge in [0.2, 0.25) is 0 Å². The molecule has 1 aliphatic heterocycles. The van der Waals surface area contributed by atoms with Crippen LogP contribution in [0.25, 0.3) is 11.3 Å². The summed E-state index contributed by atoms with van der Waals surface area (Å²) in [4.78, 5) is 11.1. The fourth-order valence-electron chi connectivity index (χ4n) is 2.28.